The first kappa shape index (κ1) is 18.6. The number of rotatable bonds is 6. The zero-order valence-corrected chi connectivity index (χ0v) is 16.2. The Kier molecular flexibility index (Phi) is 4.96. The summed E-state index contributed by atoms with van der Waals surface area (Å²) in [5.74, 6) is 1.06. The topological polar surface area (TPSA) is 109 Å². The van der Waals surface area contributed by atoms with Gasteiger partial charge in [-0.15, -0.1) is 5.10 Å². The number of amides is 1. The van der Waals surface area contributed by atoms with E-state index in [2.05, 4.69) is 10.1 Å². The van der Waals surface area contributed by atoms with Gasteiger partial charge in [0.1, 0.15) is 11.5 Å². The first-order valence-electron chi connectivity index (χ1n) is 8.61. The number of aromatic nitrogens is 3. The molecule has 0 aliphatic rings. The molecule has 146 valence electrons. The Balaban J connectivity index is 1.66. The SMILES string of the molecule is COc1ccccc1-c1nc2s/c(=C/c3ccc(OCC(N)=O)cc3)c(=O)n2n1. The number of fused-ring (bicyclic) bond motifs is 1. The smallest absolute Gasteiger partial charge is 0.291 e. The van der Waals surface area contributed by atoms with Gasteiger partial charge in [-0.2, -0.15) is 9.50 Å². The molecule has 4 rings (SSSR count). The Labute approximate surface area is 168 Å². The fourth-order valence-electron chi connectivity index (χ4n) is 2.74. The first-order valence-corrected chi connectivity index (χ1v) is 9.42. The Bertz CT molecular complexity index is 1290. The van der Waals surface area contributed by atoms with Crippen molar-refractivity contribution >= 4 is 28.3 Å². The molecule has 0 saturated carbocycles. The number of para-hydroxylation sites is 1. The number of ether oxygens (including phenoxy) is 2. The van der Waals surface area contributed by atoms with Gasteiger partial charge in [0.15, 0.2) is 12.4 Å². The van der Waals surface area contributed by atoms with E-state index in [9.17, 15) is 9.59 Å². The predicted molar refractivity (Wildman–Crippen MR) is 109 cm³/mol. The van der Waals surface area contributed by atoms with E-state index in [0.717, 1.165) is 11.1 Å². The van der Waals surface area contributed by atoms with Gasteiger partial charge < -0.3 is 15.2 Å². The van der Waals surface area contributed by atoms with E-state index in [-0.39, 0.29) is 12.2 Å². The van der Waals surface area contributed by atoms with Crippen molar-refractivity contribution in [3.63, 3.8) is 0 Å². The number of nitrogens with two attached hydrogens (primary N) is 1. The molecular formula is C20H16N4O4S. The summed E-state index contributed by atoms with van der Waals surface area (Å²) in [6.45, 7) is -0.184. The molecule has 0 fully saturated rings. The van der Waals surface area contributed by atoms with Crippen molar-refractivity contribution in [1.29, 1.82) is 0 Å². The van der Waals surface area contributed by atoms with Crippen molar-refractivity contribution in [2.24, 2.45) is 5.73 Å². The highest BCUT2D eigenvalue weighted by Crippen LogP contribution is 2.27. The van der Waals surface area contributed by atoms with Crippen molar-refractivity contribution in [3.8, 4) is 22.9 Å². The molecule has 0 bridgehead atoms. The summed E-state index contributed by atoms with van der Waals surface area (Å²) in [6.07, 6.45) is 1.75. The maximum Gasteiger partial charge on any atom is 0.291 e. The lowest BCUT2D eigenvalue weighted by atomic mass is 10.2. The van der Waals surface area contributed by atoms with E-state index < -0.39 is 5.91 Å². The van der Waals surface area contributed by atoms with Crippen LogP contribution in [0.3, 0.4) is 0 Å². The molecule has 2 aromatic heterocycles. The molecule has 0 atom stereocenters. The largest absolute Gasteiger partial charge is 0.496 e. The van der Waals surface area contributed by atoms with Crippen LogP contribution in [-0.4, -0.2) is 34.2 Å². The summed E-state index contributed by atoms with van der Waals surface area (Å²) in [7, 11) is 1.58. The van der Waals surface area contributed by atoms with Crippen LogP contribution >= 0.6 is 11.3 Å². The molecule has 0 aliphatic carbocycles. The van der Waals surface area contributed by atoms with Crippen molar-refractivity contribution in [2.45, 2.75) is 0 Å². The highest BCUT2D eigenvalue weighted by molar-refractivity contribution is 7.15. The molecule has 9 heteroatoms. The molecule has 0 spiro atoms. The van der Waals surface area contributed by atoms with Gasteiger partial charge in [0.05, 0.1) is 17.2 Å². The normalized spacial score (nSPS) is 11.7. The number of nitrogens with zero attached hydrogens (tertiary/aromatic N) is 3. The summed E-state index contributed by atoms with van der Waals surface area (Å²) in [5.41, 5.74) is 6.34. The van der Waals surface area contributed by atoms with E-state index in [4.69, 9.17) is 15.2 Å². The molecule has 0 aliphatic heterocycles. The van der Waals surface area contributed by atoms with E-state index in [1.165, 1.54) is 15.9 Å². The molecule has 1 amide bonds. The van der Waals surface area contributed by atoms with Crippen LogP contribution in [0.1, 0.15) is 5.56 Å². The third-order valence-corrected chi connectivity index (χ3v) is 5.05. The quantitative estimate of drug-likeness (QED) is 0.514. The van der Waals surface area contributed by atoms with Crippen molar-refractivity contribution in [3.05, 3.63) is 69.0 Å². The zero-order chi connectivity index (χ0) is 20.4. The molecular weight excluding hydrogens is 392 g/mol. The van der Waals surface area contributed by atoms with Gasteiger partial charge >= 0.3 is 0 Å². The number of hydrogen-bond donors (Lipinski definition) is 1. The Morgan fingerprint density at radius 3 is 2.66 bits per heavy atom. The lowest BCUT2D eigenvalue weighted by Gasteiger charge is -2.03. The predicted octanol–water partition coefficient (Wildman–Crippen LogP) is 1.24. The number of thiazole rings is 1. The number of carbonyl (C=O) groups excluding carboxylic acids is 1. The number of benzene rings is 2. The third-order valence-electron chi connectivity index (χ3n) is 4.09. The molecule has 29 heavy (non-hydrogen) atoms. The highest BCUT2D eigenvalue weighted by Gasteiger charge is 2.14. The van der Waals surface area contributed by atoms with Crippen LogP contribution in [-0.2, 0) is 4.79 Å². The summed E-state index contributed by atoms with van der Waals surface area (Å²) in [5, 5.41) is 4.35. The summed E-state index contributed by atoms with van der Waals surface area (Å²) >= 11 is 1.25. The molecule has 4 aromatic rings. The van der Waals surface area contributed by atoms with Crippen molar-refractivity contribution < 1.29 is 14.3 Å². The summed E-state index contributed by atoms with van der Waals surface area (Å²) in [6, 6.07) is 14.4. The number of hydrogen-bond acceptors (Lipinski definition) is 7. The minimum Gasteiger partial charge on any atom is -0.496 e. The second kappa shape index (κ2) is 7.72. The fourth-order valence-corrected chi connectivity index (χ4v) is 3.65. The van der Waals surface area contributed by atoms with Crippen molar-refractivity contribution in [2.75, 3.05) is 13.7 Å². The molecule has 2 N–H and O–H groups in total. The Hall–Kier alpha value is -3.72. The van der Waals surface area contributed by atoms with Crippen LogP contribution < -0.4 is 25.3 Å². The molecule has 0 radical (unpaired) electrons. The van der Waals surface area contributed by atoms with E-state index in [0.29, 0.717) is 26.8 Å². The number of primary amides is 1. The standard InChI is InChI=1S/C20H16N4O4S/c1-27-15-5-3-2-4-14(15)18-22-20-24(23-18)19(26)16(29-20)10-12-6-8-13(9-7-12)28-11-17(21)25/h2-10H,11H2,1H3,(H2,21,25)/b16-10+. The minimum absolute atomic E-state index is 0.184. The van der Waals surface area contributed by atoms with Crippen LogP contribution in [0.2, 0.25) is 0 Å². The van der Waals surface area contributed by atoms with Crippen LogP contribution in [0.25, 0.3) is 22.4 Å². The van der Waals surface area contributed by atoms with Crippen LogP contribution in [0.15, 0.2) is 53.3 Å². The van der Waals surface area contributed by atoms with Gasteiger partial charge in [-0.3, -0.25) is 9.59 Å². The van der Waals surface area contributed by atoms with Crippen LogP contribution in [0.5, 0.6) is 11.5 Å². The van der Waals surface area contributed by atoms with Crippen molar-refractivity contribution in [1.82, 2.24) is 14.6 Å². The summed E-state index contributed by atoms with van der Waals surface area (Å²) < 4.78 is 12.4. The molecule has 0 unspecified atom stereocenters. The molecule has 0 saturated heterocycles. The number of methoxy groups -OCH3 is 1. The Morgan fingerprint density at radius 1 is 1.21 bits per heavy atom. The maximum atomic E-state index is 12.7. The molecule has 2 aromatic carbocycles. The zero-order valence-electron chi connectivity index (χ0n) is 15.4. The van der Waals surface area contributed by atoms with Gasteiger partial charge in [0.2, 0.25) is 4.96 Å². The first-order chi connectivity index (χ1) is 14.0. The average molecular weight is 408 g/mol. The monoisotopic (exact) mass is 408 g/mol. The third kappa shape index (κ3) is 3.81. The second-order valence-corrected chi connectivity index (χ2v) is 7.08. The molecule has 2 heterocycles. The highest BCUT2D eigenvalue weighted by atomic mass is 32.1. The van der Waals surface area contributed by atoms with E-state index >= 15 is 0 Å². The van der Waals surface area contributed by atoms with Gasteiger partial charge in [0, 0.05) is 0 Å². The van der Waals surface area contributed by atoms with E-state index in [1.807, 2.05) is 24.3 Å². The van der Waals surface area contributed by atoms with Gasteiger partial charge in [-0.1, -0.05) is 35.6 Å². The maximum absolute atomic E-state index is 12.7. The summed E-state index contributed by atoms with van der Waals surface area (Å²) in [4.78, 5) is 28.5. The molecule has 8 nitrogen and oxygen atoms in total. The number of carbonyl (C=O) groups is 1. The van der Waals surface area contributed by atoms with Gasteiger partial charge in [-0.25, -0.2) is 0 Å². The second-order valence-electron chi connectivity index (χ2n) is 6.07. The lowest BCUT2D eigenvalue weighted by molar-refractivity contribution is -0.119. The van der Waals surface area contributed by atoms with Gasteiger partial charge in [0.25, 0.3) is 11.5 Å². The lowest BCUT2D eigenvalue weighted by Crippen LogP contribution is -2.23. The van der Waals surface area contributed by atoms with Crippen LogP contribution in [0.4, 0.5) is 0 Å². The van der Waals surface area contributed by atoms with E-state index in [1.54, 1.807) is 37.5 Å². The van der Waals surface area contributed by atoms with Gasteiger partial charge in [-0.05, 0) is 35.9 Å². The fraction of sp³-hybridized carbons (Fsp3) is 0.100. The van der Waals surface area contributed by atoms with Crippen LogP contribution in [0, 0.1) is 0 Å². The average Bonchev–Trinajstić information content (AvgIpc) is 3.27. The Morgan fingerprint density at radius 2 is 1.97 bits per heavy atom. The minimum atomic E-state index is -0.543.